The first kappa shape index (κ1) is 14.8. The summed E-state index contributed by atoms with van der Waals surface area (Å²) < 4.78 is 1.95. The summed E-state index contributed by atoms with van der Waals surface area (Å²) in [4.78, 5) is 13.3. The van der Waals surface area contributed by atoms with Gasteiger partial charge in [-0.15, -0.1) is 0 Å². The Bertz CT molecular complexity index is 695. The lowest BCUT2D eigenvalue weighted by Crippen LogP contribution is -2.16. The molecular formula is C16H18N4O. The van der Waals surface area contributed by atoms with Crippen LogP contribution in [0.4, 0.5) is 5.69 Å². The number of benzene rings is 1. The lowest BCUT2D eigenvalue weighted by molar-refractivity contribution is -0.114. The molecule has 5 nitrogen and oxygen atoms in total. The van der Waals surface area contributed by atoms with Gasteiger partial charge in [-0.2, -0.15) is 5.26 Å². The second-order valence-corrected chi connectivity index (χ2v) is 5.09. The summed E-state index contributed by atoms with van der Waals surface area (Å²) in [6.45, 7) is 2.12. The first-order chi connectivity index (χ1) is 10.0. The van der Waals surface area contributed by atoms with E-state index < -0.39 is 0 Å². The van der Waals surface area contributed by atoms with Gasteiger partial charge >= 0.3 is 0 Å². The fourth-order valence-corrected chi connectivity index (χ4v) is 2.23. The quantitative estimate of drug-likeness (QED) is 0.936. The molecule has 0 aliphatic rings. The Balaban J connectivity index is 2.55. The van der Waals surface area contributed by atoms with Gasteiger partial charge in [0.25, 0.3) is 0 Å². The molecule has 0 spiro atoms. The van der Waals surface area contributed by atoms with E-state index in [0.717, 1.165) is 17.1 Å². The van der Waals surface area contributed by atoms with Crippen molar-refractivity contribution in [1.82, 2.24) is 9.47 Å². The molecule has 0 unspecified atom stereocenters. The maximum Gasteiger partial charge on any atom is 0.221 e. The number of hydrogen-bond donors (Lipinski definition) is 1. The van der Waals surface area contributed by atoms with Crippen LogP contribution in [0.2, 0.25) is 0 Å². The number of para-hydroxylation sites is 2. The minimum absolute atomic E-state index is 0.121. The number of carbonyl (C=O) groups excluding carboxylic acids is 1. The molecule has 21 heavy (non-hydrogen) atoms. The van der Waals surface area contributed by atoms with E-state index in [0.29, 0.717) is 12.1 Å². The van der Waals surface area contributed by atoms with Crippen LogP contribution in [0.3, 0.4) is 0 Å². The summed E-state index contributed by atoms with van der Waals surface area (Å²) in [6.07, 6.45) is 1.86. The van der Waals surface area contributed by atoms with Crippen LogP contribution in [0, 0.1) is 11.3 Å². The lowest BCUT2D eigenvalue weighted by atomic mass is 10.2. The molecule has 1 heterocycles. The van der Waals surface area contributed by atoms with Crippen LogP contribution in [0.1, 0.15) is 18.2 Å². The van der Waals surface area contributed by atoms with Crippen molar-refractivity contribution in [1.29, 1.82) is 5.26 Å². The summed E-state index contributed by atoms with van der Waals surface area (Å²) in [5, 5.41) is 12.1. The van der Waals surface area contributed by atoms with Gasteiger partial charge < -0.3 is 14.8 Å². The normalized spacial score (nSPS) is 10.4. The molecule has 0 fully saturated rings. The van der Waals surface area contributed by atoms with Crippen LogP contribution in [0.25, 0.3) is 5.69 Å². The predicted molar refractivity (Wildman–Crippen MR) is 82.2 cm³/mol. The zero-order valence-corrected chi connectivity index (χ0v) is 12.4. The molecule has 0 bridgehead atoms. The molecular weight excluding hydrogens is 264 g/mol. The number of nitrogens with one attached hydrogen (secondary N) is 1. The maximum atomic E-state index is 11.3. The fraction of sp³-hybridized carbons (Fsp3) is 0.250. The van der Waals surface area contributed by atoms with Gasteiger partial charge in [0.05, 0.1) is 22.6 Å². The van der Waals surface area contributed by atoms with Crippen molar-refractivity contribution in [3.05, 3.63) is 47.8 Å². The van der Waals surface area contributed by atoms with Gasteiger partial charge in [-0.3, -0.25) is 4.79 Å². The minimum atomic E-state index is -0.121. The number of amides is 1. The van der Waals surface area contributed by atoms with Gasteiger partial charge in [0.1, 0.15) is 6.07 Å². The monoisotopic (exact) mass is 282 g/mol. The van der Waals surface area contributed by atoms with Gasteiger partial charge in [0.15, 0.2) is 0 Å². The average Bonchev–Trinajstić information content (AvgIpc) is 2.80. The van der Waals surface area contributed by atoms with Crippen LogP contribution in [-0.2, 0) is 11.3 Å². The minimum Gasteiger partial charge on any atom is -0.325 e. The molecule has 5 heteroatoms. The van der Waals surface area contributed by atoms with Gasteiger partial charge in [0.2, 0.25) is 5.91 Å². The first-order valence-electron chi connectivity index (χ1n) is 6.65. The number of carbonyl (C=O) groups is 1. The zero-order chi connectivity index (χ0) is 15.4. The van der Waals surface area contributed by atoms with Crippen molar-refractivity contribution in [2.45, 2.75) is 13.5 Å². The third-order valence-corrected chi connectivity index (χ3v) is 3.05. The molecule has 0 aliphatic heterocycles. The van der Waals surface area contributed by atoms with Crippen molar-refractivity contribution in [3.8, 4) is 11.8 Å². The highest BCUT2D eigenvalue weighted by atomic mass is 16.1. The van der Waals surface area contributed by atoms with E-state index in [9.17, 15) is 10.1 Å². The molecule has 1 amide bonds. The summed E-state index contributed by atoms with van der Waals surface area (Å²) >= 11 is 0. The van der Waals surface area contributed by atoms with Crippen LogP contribution in [-0.4, -0.2) is 29.5 Å². The highest BCUT2D eigenvalue weighted by Crippen LogP contribution is 2.24. The number of anilines is 1. The summed E-state index contributed by atoms with van der Waals surface area (Å²) in [6, 6.07) is 11.6. The molecule has 0 saturated heterocycles. The molecule has 1 N–H and O–H groups in total. The Morgan fingerprint density at radius 2 is 2.05 bits per heavy atom. The van der Waals surface area contributed by atoms with Crippen molar-refractivity contribution in [2.75, 3.05) is 19.4 Å². The van der Waals surface area contributed by atoms with E-state index in [1.54, 1.807) is 6.07 Å². The van der Waals surface area contributed by atoms with Crippen molar-refractivity contribution in [3.63, 3.8) is 0 Å². The van der Waals surface area contributed by atoms with E-state index in [1.807, 2.05) is 54.0 Å². The summed E-state index contributed by atoms with van der Waals surface area (Å²) in [5.41, 5.74) is 3.12. The molecule has 0 radical (unpaired) electrons. The highest BCUT2D eigenvalue weighted by molar-refractivity contribution is 5.91. The third kappa shape index (κ3) is 3.30. The zero-order valence-electron chi connectivity index (χ0n) is 12.4. The molecule has 2 aromatic rings. The SMILES string of the molecule is CC(=O)Nc1ccccc1-n1ccc(C#N)c1CN(C)C. The first-order valence-corrected chi connectivity index (χ1v) is 6.65. The fourth-order valence-electron chi connectivity index (χ4n) is 2.23. The Morgan fingerprint density at radius 3 is 2.67 bits per heavy atom. The Hall–Kier alpha value is -2.58. The van der Waals surface area contributed by atoms with Crippen LogP contribution in [0.5, 0.6) is 0 Å². The summed E-state index contributed by atoms with van der Waals surface area (Å²) in [5.74, 6) is -0.121. The van der Waals surface area contributed by atoms with Gasteiger partial charge in [0, 0.05) is 19.7 Å². The molecule has 108 valence electrons. The molecule has 0 aliphatic carbocycles. The maximum absolute atomic E-state index is 11.3. The van der Waals surface area contributed by atoms with E-state index in [4.69, 9.17) is 0 Å². The van der Waals surface area contributed by atoms with E-state index >= 15 is 0 Å². The van der Waals surface area contributed by atoms with Crippen molar-refractivity contribution < 1.29 is 4.79 Å². The average molecular weight is 282 g/mol. The number of rotatable bonds is 4. The Morgan fingerprint density at radius 1 is 1.33 bits per heavy atom. The van der Waals surface area contributed by atoms with E-state index in [2.05, 4.69) is 11.4 Å². The Labute approximate surface area is 124 Å². The Kier molecular flexibility index (Phi) is 4.41. The predicted octanol–water partition coefficient (Wildman–Crippen LogP) is 2.37. The van der Waals surface area contributed by atoms with Crippen molar-refractivity contribution in [2.24, 2.45) is 0 Å². The second-order valence-electron chi connectivity index (χ2n) is 5.09. The number of aromatic nitrogens is 1. The molecule has 1 aromatic heterocycles. The smallest absolute Gasteiger partial charge is 0.221 e. The second kappa shape index (κ2) is 6.25. The topological polar surface area (TPSA) is 61.1 Å². The van der Waals surface area contributed by atoms with Crippen LogP contribution < -0.4 is 5.32 Å². The van der Waals surface area contributed by atoms with Gasteiger partial charge in [-0.1, -0.05) is 12.1 Å². The third-order valence-electron chi connectivity index (χ3n) is 3.05. The van der Waals surface area contributed by atoms with Gasteiger partial charge in [-0.05, 0) is 32.3 Å². The highest BCUT2D eigenvalue weighted by Gasteiger charge is 2.14. The summed E-state index contributed by atoms with van der Waals surface area (Å²) in [7, 11) is 3.91. The van der Waals surface area contributed by atoms with Gasteiger partial charge in [-0.25, -0.2) is 0 Å². The molecule has 1 aromatic carbocycles. The van der Waals surface area contributed by atoms with Crippen LogP contribution in [0.15, 0.2) is 36.5 Å². The number of nitriles is 1. The number of nitrogens with zero attached hydrogens (tertiary/aromatic N) is 3. The van der Waals surface area contributed by atoms with Crippen LogP contribution >= 0.6 is 0 Å². The molecule has 0 saturated carbocycles. The van der Waals surface area contributed by atoms with E-state index in [-0.39, 0.29) is 5.91 Å². The standard InChI is InChI=1S/C16H18N4O/c1-12(21)18-14-6-4-5-7-15(14)20-9-8-13(10-17)16(20)11-19(2)3/h4-9H,11H2,1-3H3,(H,18,21). The molecule has 2 rings (SSSR count). The lowest BCUT2D eigenvalue weighted by Gasteiger charge is -2.17. The van der Waals surface area contributed by atoms with Crippen molar-refractivity contribution >= 4 is 11.6 Å². The number of hydrogen-bond acceptors (Lipinski definition) is 3. The largest absolute Gasteiger partial charge is 0.325 e. The van der Waals surface area contributed by atoms with E-state index in [1.165, 1.54) is 6.92 Å². The molecule has 0 atom stereocenters.